The molecule has 0 bridgehead atoms. The SMILES string of the molecule is CC(C)(C)NS(=O)(=O)c1cc2c(cc1-c1ccc(Cn3ccnc3C(F)(F)F)cc1)CC(C)(C)O2. The number of imidazole rings is 1. The number of nitrogens with zero attached hydrogens (tertiary/aromatic N) is 2. The number of hydrogen-bond acceptors (Lipinski definition) is 4. The first-order valence-corrected chi connectivity index (χ1v) is 12.6. The molecule has 0 radical (unpaired) electrons. The Balaban J connectivity index is 1.73. The summed E-state index contributed by atoms with van der Waals surface area (Å²) in [6.07, 6.45) is -1.53. The van der Waals surface area contributed by atoms with E-state index in [1.807, 2.05) is 19.9 Å². The van der Waals surface area contributed by atoms with Gasteiger partial charge in [0, 0.05) is 42.5 Å². The molecule has 4 rings (SSSR count). The molecule has 0 unspecified atom stereocenters. The van der Waals surface area contributed by atoms with E-state index in [-0.39, 0.29) is 11.4 Å². The summed E-state index contributed by atoms with van der Waals surface area (Å²) < 4.78 is 75.8. The van der Waals surface area contributed by atoms with Crippen molar-refractivity contribution in [3.63, 3.8) is 0 Å². The Morgan fingerprint density at radius 1 is 1.11 bits per heavy atom. The largest absolute Gasteiger partial charge is 0.487 e. The molecule has 0 amide bonds. The number of benzene rings is 2. The van der Waals surface area contributed by atoms with Crippen LogP contribution in [0.1, 0.15) is 51.6 Å². The molecule has 0 saturated heterocycles. The first-order valence-electron chi connectivity index (χ1n) is 11.1. The minimum atomic E-state index is -4.55. The van der Waals surface area contributed by atoms with Crippen molar-refractivity contribution in [2.24, 2.45) is 0 Å². The van der Waals surface area contributed by atoms with Gasteiger partial charge in [-0.2, -0.15) is 13.2 Å². The van der Waals surface area contributed by atoms with Crippen LogP contribution in [0, 0.1) is 0 Å². The highest BCUT2D eigenvalue weighted by atomic mass is 32.2. The fourth-order valence-electron chi connectivity index (χ4n) is 4.22. The van der Waals surface area contributed by atoms with Gasteiger partial charge in [0.25, 0.3) is 0 Å². The lowest BCUT2D eigenvalue weighted by molar-refractivity contribution is -0.147. The topological polar surface area (TPSA) is 73.2 Å². The van der Waals surface area contributed by atoms with Crippen molar-refractivity contribution in [3.8, 4) is 16.9 Å². The van der Waals surface area contributed by atoms with Gasteiger partial charge in [0.1, 0.15) is 11.4 Å². The minimum Gasteiger partial charge on any atom is -0.487 e. The molecule has 0 spiro atoms. The number of aromatic nitrogens is 2. The van der Waals surface area contributed by atoms with Crippen LogP contribution in [-0.2, 0) is 29.2 Å². The number of nitrogens with one attached hydrogen (secondary N) is 1. The summed E-state index contributed by atoms with van der Waals surface area (Å²) in [5.41, 5.74) is 1.52. The Bertz CT molecular complexity index is 1350. The van der Waals surface area contributed by atoms with Crippen molar-refractivity contribution < 1.29 is 26.3 Å². The maximum atomic E-state index is 13.3. The zero-order valence-corrected chi connectivity index (χ0v) is 21.0. The molecule has 1 N–H and O–H groups in total. The molecular weight excluding hydrogens is 479 g/mol. The lowest BCUT2D eigenvalue weighted by Gasteiger charge is -2.22. The average Bonchev–Trinajstić information content (AvgIpc) is 3.27. The molecule has 1 aliphatic heterocycles. The van der Waals surface area contributed by atoms with E-state index < -0.39 is 33.2 Å². The number of sulfonamides is 1. The molecule has 2 aromatic carbocycles. The standard InChI is InChI=1S/C25H28F3N3O3S/c1-23(2,3)30-35(32,33)21-13-20-18(14-24(4,5)34-20)12-19(21)17-8-6-16(7-9-17)15-31-11-10-29-22(31)25(26,27)28/h6-13,30H,14-15H2,1-5H3. The second-order valence-electron chi connectivity index (χ2n) is 10.4. The first kappa shape index (κ1) is 25.2. The summed E-state index contributed by atoms with van der Waals surface area (Å²) in [5, 5.41) is 0. The van der Waals surface area contributed by atoms with Crippen molar-refractivity contribution in [2.45, 2.75) is 69.8 Å². The van der Waals surface area contributed by atoms with Gasteiger partial charge in [0.15, 0.2) is 0 Å². The van der Waals surface area contributed by atoms with Gasteiger partial charge in [0.2, 0.25) is 15.8 Å². The fraction of sp³-hybridized carbons (Fsp3) is 0.400. The van der Waals surface area contributed by atoms with Crippen LogP contribution in [0.5, 0.6) is 5.75 Å². The quantitative estimate of drug-likeness (QED) is 0.501. The maximum absolute atomic E-state index is 13.3. The number of alkyl halides is 3. The third-order valence-electron chi connectivity index (χ3n) is 5.48. The van der Waals surface area contributed by atoms with E-state index in [0.717, 1.165) is 16.3 Å². The monoisotopic (exact) mass is 507 g/mol. The van der Waals surface area contributed by atoms with Gasteiger partial charge in [-0.3, -0.25) is 0 Å². The fourth-order valence-corrected chi connectivity index (χ4v) is 5.86. The summed E-state index contributed by atoms with van der Waals surface area (Å²) in [5.74, 6) is -0.436. The second kappa shape index (κ2) is 8.37. The molecule has 0 saturated carbocycles. The van der Waals surface area contributed by atoms with Crippen LogP contribution < -0.4 is 9.46 Å². The third-order valence-corrected chi connectivity index (χ3v) is 7.28. The Morgan fingerprint density at radius 3 is 2.37 bits per heavy atom. The van der Waals surface area contributed by atoms with Gasteiger partial charge in [-0.25, -0.2) is 18.1 Å². The van der Waals surface area contributed by atoms with Crippen LogP contribution >= 0.6 is 0 Å². The predicted molar refractivity (Wildman–Crippen MR) is 127 cm³/mol. The first-order chi connectivity index (χ1) is 16.0. The molecule has 3 aromatic rings. The minimum absolute atomic E-state index is 0.0158. The van der Waals surface area contributed by atoms with Gasteiger partial charge in [-0.05, 0) is 57.4 Å². The predicted octanol–water partition coefficient (Wildman–Crippen LogP) is 5.41. The van der Waals surface area contributed by atoms with Gasteiger partial charge in [0.05, 0.1) is 4.90 Å². The Kier molecular flexibility index (Phi) is 6.04. The normalized spacial score (nSPS) is 15.7. The molecule has 35 heavy (non-hydrogen) atoms. The summed E-state index contributed by atoms with van der Waals surface area (Å²) >= 11 is 0. The molecule has 10 heteroatoms. The van der Waals surface area contributed by atoms with E-state index >= 15 is 0 Å². The van der Waals surface area contributed by atoms with Gasteiger partial charge >= 0.3 is 6.18 Å². The van der Waals surface area contributed by atoms with E-state index in [9.17, 15) is 21.6 Å². The van der Waals surface area contributed by atoms with Crippen molar-refractivity contribution in [3.05, 3.63) is 65.7 Å². The van der Waals surface area contributed by atoms with Crippen LogP contribution in [0.3, 0.4) is 0 Å². The van der Waals surface area contributed by atoms with E-state index in [2.05, 4.69) is 9.71 Å². The highest BCUT2D eigenvalue weighted by Crippen LogP contribution is 2.41. The van der Waals surface area contributed by atoms with Crippen molar-refractivity contribution >= 4 is 10.0 Å². The zero-order valence-electron chi connectivity index (χ0n) is 20.2. The van der Waals surface area contributed by atoms with E-state index in [0.29, 0.717) is 28.9 Å². The number of rotatable bonds is 5. The maximum Gasteiger partial charge on any atom is 0.449 e. The van der Waals surface area contributed by atoms with Crippen LogP contribution in [0.25, 0.3) is 11.1 Å². The van der Waals surface area contributed by atoms with Crippen molar-refractivity contribution in [2.75, 3.05) is 0 Å². The molecule has 188 valence electrons. The van der Waals surface area contributed by atoms with Crippen LogP contribution in [0.4, 0.5) is 13.2 Å². The average molecular weight is 508 g/mol. The molecule has 6 nitrogen and oxygen atoms in total. The summed E-state index contributed by atoms with van der Waals surface area (Å²) in [6.45, 7) is 9.15. The Morgan fingerprint density at radius 2 is 1.77 bits per heavy atom. The van der Waals surface area contributed by atoms with Crippen molar-refractivity contribution in [1.82, 2.24) is 14.3 Å². The van der Waals surface area contributed by atoms with Crippen LogP contribution in [0.2, 0.25) is 0 Å². The third kappa shape index (κ3) is 5.54. The van der Waals surface area contributed by atoms with Crippen molar-refractivity contribution in [1.29, 1.82) is 0 Å². The number of hydrogen-bond donors (Lipinski definition) is 1. The molecule has 0 aliphatic carbocycles. The van der Waals surface area contributed by atoms with E-state index in [4.69, 9.17) is 4.74 Å². The molecular formula is C25H28F3N3O3S. The molecule has 0 atom stereocenters. The summed E-state index contributed by atoms with van der Waals surface area (Å²) in [7, 11) is -3.90. The van der Waals surface area contributed by atoms with Gasteiger partial charge in [-0.1, -0.05) is 24.3 Å². The number of fused-ring (bicyclic) bond motifs is 1. The van der Waals surface area contributed by atoms with Gasteiger partial charge in [-0.15, -0.1) is 0 Å². The highest BCUT2D eigenvalue weighted by Gasteiger charge is 2.36. The lowest BCUT2D eigenvalue weighted by atomic mass is 9.97. The van der Waals surface area contributed by atoms with E-state index in [1.54, 1.807) is 51.1 Å². The summed E-state index contributed by atoms with van der Waals surface area (Å²) in [6, 6.07) is 10.2. The smallest absolute Gasteiger partial charge is 0.449 e. The molecule has 1 aromatic heterocycles. The lowest BCUT2D eigenvalue weighted by Crippen LogP contribution is -2.40. The van der Waals surface area contributed by atoms with Crippen LogP contribution in [0.15, 0.2) is 53.7 Å². The van der Waals surface area contributed by atoms with E-state index in [1.165, 1.54) is 6.20 Å². The molecule has 0 fully saturated rings. The highest BCUT2D eigenvalue weighted by molar-refractivity contribution is 7.89. The van der Waals surface area contributed by atoms with Crippen LogP contribution in [-0.4, -0.2) is 29.1 Å². The van der Waals surface area contributed by atoms with Gasteiger partial charge < -0.3 is 9.30 Å². The Hall–Kier alpha value is -2.85. The molecule has 2 heterocycles. The zero-order chi connectivity index (χ0) is 25.8. The molecule has 1 aliphatic rings. The number of halogens is 3. The number of ether oxygens (including phenoxy) is 1. The Labute approximate surface area is 203 Å². The second-order valence-corrected chi connectivity index (χ2v) is 12.1. The summed E-state index contributed by atoms with van der Waals surface area (Å²) in [4.78, 5) is 3.50.